The number of anilines is 1. The summed E-state index contributed by atoms with van der Waals surface area (Å²) in [6.45, 7) is 0. The Morgan fingerprint density at radius 2 is 2.19 bits per heavy atom. The highest BCUT2D eigenvalue weighted by Crippen LogP contribution is 2.37. The normalized spacial score (nSPS) is 13.3. The lowest BCUT2D eigenvalue weighted by molar-refractivity contribution is 0.102. The number of hydrogen-bond donors (Lipinski definition) is 1. The molecule has 0 bridgehead atoms. The second-order valence-electron chi connectivity index (χ2n) is 4.83. The van der Waals surface area contributed by atoms with Gasteiger partial charge in [-0.2, -0.15) is 5.26 Å². The lowest BCUT2D eigenvalue weighted by Crippen LogP contribution is -2.13. The van der Waals surface area contributed by atoms with Crippen LogP contribution in [0, 0.1) is 11.3 Å². The first-order valence-corrected chi connectivity index (χ1v) is 8.28. The fourth-order valence-corrected chi connectivity index (χ4v) is 4.05. The van der Waals surface area contributed by atoms with E-state index in [1.807, 2.05) is 0 Å². The molecule has 0 spiro atoms. The number of amides is 1. The van der Waals surface area contributed by atoms with Gasteiger partial charge in [-0.1, -0.05) is 6.07 Å². The predicted octanol–water partition coefficient (Wildman–Crippen LogP) is 3.91. The fraction of sp³-hybridized carbons (Fsp3) is 0.267. The highest BCUT2D eigenvalue weighted by atomic mass is 79.9. The molecule has 0 aromatic carbocycles. The average Bonchev–Trinajstić information content (AvgIpc) is 2.84. The first-order valence-electron chi connectivity index (χ1n) is 6.67. The third-order valence-corrected chi connectivity index (χ3v) is 5.11. The molecule has 0 aliphatic heterocycles. The largest absolute Gasteiger partial charge is 0.311 e. The molecule has 1 aliphatic rings. The molecular formula is C15H12BrN3OS. The number of nitrogens with one attached hydrogen (secondary N) is 1. The molecule has 1 aliphatic carbocycles. The van der Waals surface area contributed by atoms with E-state index in [9.17, 15) is 10.1 Å². The van der Waals surface area contributed by atoms with E-state index in [-0.39, 0.29) is 5.91 Å². The smallest absolute Gasteiger partial charge is 0.274 e. The van der Waals surface area contributed by atoms with E-state index in [0.29, 0.717) is 20.9 Å². The minimum atomic E-state index is -0.286. The van der Waals surface area contributed by atoms with Crippen LogP contribution >= 0.6 is 27.3 Å². The standard InChI is InChI=1S/C15H12BrN3OS/c16-13-7-3-5-11(18-13)14(20)19-15-10(8-17)9-4-1-2-6-12(9)21-15/h3,5,7H,1-2,4,6H2,(H,19,20). The monoisotopic (exact) mass is 361 g/mol. The Morgan fingerprint density at radius 3 is 2.95 bits per heavy atom. The molecule has 6 heteroatoms. The SMILES string of the molecule is N#Cc1c(NC(=O)c2cccc(Br)n2)sc2c1CCCC2. The van der Waals surface area contributed by atoms with Crippen molar-refractivity contribution in [1.29, 1.82) is 5.26 Å². The molecule has 2 aromatic heterocycles. The van der Waals surface area contributed by atoms with Crippen LogP contribution in [0.25, 0.3) is 0 Å². The zero-order valence-electron chi connectivity index (χ0n) is 11.1. The maximum absolute atomic E-state index is 12.3. The molecule has 3 rings (SSSR count). The van der Waals surface area contributed by atoms with Crippen LogP contribution in [0.3, 0.4) is 0 Å². The zero-order chi connectivity index (χ0) is 14.8. The molecule has 2 heterocycles. The van der Waals surface area contributed by atoms with Crippen molar-refractivity contribution in [2.75, 3.05) is 5.32 Å². The Morgan fingerprint density at radius 1 is 1.38 bits per heavy atom. The van der Waals surface area contributed by atoms with E-state index in [0.717, 1.165) is 31.2 Å². The van der Waals surface area contributed by atoms with Crippen LogP contribution in [0.15, 0.2) is 22.8 Å². The number of carbonyl (C=O) groups is 1. The summed E-state index contributed by atoms with van der Waals surface area (Å²) in [4.78, 5) is 17.6. The molecule has 0 radical (unpaired) electrons. The maximum Gasteiger partial charge on any atom is 0.274 e. The van der Waals surface area contributed by atoms with Gasteiger partial charge in [0.15, 0.2) is 0 Å². The summed E-state index contributed by atoms with van der Waals surface area (Å²) in [5.41, 5.74) is 2.07. The lowest BCUT2D eigenvalue weighted by atomic mass is 9.96. The van der Waals surface area contributed by atoms with Crippen LogP contribution in [0.2, 0.25) is 0 Å². The summed E-state index contributed by atoms with van der Waals surface area (Å²) in [5.74, 6) is -0.286. The van der Waals surface area contributed by atoms with Crippen molar-refractivity contribution in [2.45, 2.75) is 25.7 Å². The topological polar surface area (TPSA) is 65.8 Å². The molecule has 1 amide bonds. The number of rotatable bonds is 2. The van der Waals surface area contributed by atoms with Gasteiger partial charge >= 0.3 is 0 Å². The van der Waals surface area contributed by atoms with Crippen molar-refractivity contribution in [3.63, 3.8) is 0 Å². The molecule has 0 saturated carbocycles. The maximum atomic E-state index is 12.3. The quantitative estimate of drug-likeness (QED) is 0.824. The number of hydrogen-bond acceptors (Lipinski definition) is 4. The van der Waals surface area contributed by atoms with Crippen LogP contribution in [-0.4, -0.2) is 10.9 Å². The summed E-state index contributed by atoms with van der Waals surface area (Å²) in [5, 5.41) is 12.9. The second kappa shape index (κ2) is 5.96. The van der Waals surface area contributed by atoms with E-state index in [4.69, 9.17) is 0 Å². The summed E-state index contributed by atoms with van der Waals surface area (Å²) in [6.07, 6.45) is 4.19. The fourth-order valence-electron chi connectivity index (χ4n) is 2.47. The van der Waals surface area contributed by atoms with E-state index >= 15 is 0 Å². The number of carbonyl (C=O) groups excluding carboxylic acids is 1. The van der Waals surface area contributed by atoms with Crippen LogP contribution in [0.5, 0.6) is 0 Å². The average molecular weight is 362 g/mol. The number of halogens is 1. The Bertz CT molecular complexity index is 748. The third kappa shape index (κ3) is 2.85. The molecule has 4 nitrogen and oxygen atoms in total. The Hall–Kier alpha value is -1.71. The number of pyridine rings is 1. The number of aryl methyl sites for hydroxylation is 1. The molecule has 106 valence electrons. The van der Waals surface area contributed by atoms with E-state index < -0.39 is 0 Å². The van der Waals surface area contributed by atoms with Crippen molar-refractivity contribution >= 4 is 38.2 Å². The summed E-state index contributed by atoms with van der Waals surface area (Å²) >= 11 is 4.77. The molecule has 0 fully saturated rings. The molecule has 0 atom stereocenters. The van der Waals surface area contributed by atoms with Gasteiger partial charge in [0, 0.05) is 4.88 Å². The van der Waals surface area contributed by atoms with Crippen molar-refractivity contribution in [1.82, 2.24) is 4.98 Å². The number of thiophene rings is 1. The Kier molecular flexibility index (Phi) is 4.04. The van der Waals surface area contributed by atoms with E-state index in [2.05, 4.69) is 32.3 Å². The minimum Gasteiger partial charge on any atom is -0.311 e. The van der Waals surface area contributed by atoms with Gasteiger partial charge < -0.3 is 5.32 Å². The van der Waals surface area contributed by atoms with Crippen LogP contribution in [0.4, 0.5) is 5.00 Å². The Balaban J connectivity index is 1.90. The number of nitrogens with zero attached hydrogens (tertiary/aromatic N) is 2. The molecular weight excluding hydrogens is 350 g/mol. The van der Waals surface area contributed by atoms with Crippen molar-refractivity contribution in [3.8, 4) is 6.07 Å². The van der Waals surface area contributed by atoms with Gasteiger partial charge in [0.25, 0.3) is 5.91 Å². The van der Waals surface area contributed by atoms with Crippen LogP contribution in [0.1, 0.15) is 39.3 Å². The second-order valence-corrected chi connectivity index (χ2v) is 6.74. The van der Waals surface area contributed by atoms with Gasteiger partial charge in [-0.3, -0.25) is 4.79 Å². The minimum absolute atomic E-state index is 0.286. The van der Waals surface area contributed by atoms with Gasteiger partial charge in [-0.15, -0.1) is 11.3 Å². The van der Waals surface area contributed by atoms with E-state index in [1.165, 1.54) is 16.2 Å². The summed E-state index contributed by atoms with van der Waals surface area (Å²) < 4.78 is 0.612. The molecule has 1 N–H and O–H groups in total. The van der Waals surface area contributed by atoms with Crippen molar-refractivity contribution in [2.24, 2.45) is 0 Å². The van der Waals surface area contributed by atoms with Crippen molar-refractivity contribution in [3.05, 3.63) is 44.5 Å². The van der Waals surface area contributed by atoms with Gasteiger partial charge in [0.05, 0.1) is 5.56 Å². The highest BCUT2D eigenvalue weighted by molar-refractivity contribution is 9.10. The molecule has 0 unspecified atom stereocenters. The molecule has 0 saturated heterocycles. The van der Waals surface area contributed by atoms with Gasteiger partial charge in [-0.05, 0) is 59.3 Å². The summed E-state index contributed by atoms with van der Waals surface area (Å²) in [6, 6.07) is 7.42. The first kappa shape index (κ1) is 14.2. The highest BCUT2D eigenvalue weighted by Gasteiger charge is 2.22. The predicted molar refractivity (Wildman–Crippen MR) is 85.6 cm³/mol. The Labute approximate surface area is 135 Å². The third-order valence-electron chi connectivity index (χ3n) is 3.46. The number of aromatic nitrogens is 1. The lowest BCUT2D eigenvalue weighted by Gasteiger charge is -2.09. The summed E-state index contributed by atoms with van der Waals surface area (Å²) in [7, 11) is 0. The van der Waals surface area contributed by atoms with Gasteiger partial charge in [-0.25, -0.2) is 4.98 Å². The number of nitriles is 1. The van der Waals surface area contributed by atoms with Gasteiger partial charge in [0.2, 0.25) is 0 Å². The van der Waals surface area contributed by atoms with Gasteiger partial charge in [0.1, 0.15) is 21.4 Å². The molecule has 21 heavy (non-hydrogen) atoms. The van der Waals surface area contributed by atoms with Crippen LogP contribution in [-0.2, 0) is 12.8 Å². The zero-order valence-corrected chi connectivity index (χ0v) is 13.6. The first-order chi connectivity index (χ1) is 10.2. The van der Waals surface area contributed by atoms with E-state index in [1.54, 1.807) is 18.2 Å². The van der Waals surface area contributed by atoms with Crippen LogP contribution < -0.4 is 5.32 Å². The number of fused-ring (bicyclic) bond motifs is 1. The molecule has 2 aromatic rings. The van der Waals surface area contributed by atoms with Crippen molar-refractivity contribution < 1.29 is 4.79 Å².